The Morgan fingerprint density at radius 1 is 1.35 bits per heavy atom. The Balaban J connectivity index is 1.79. The van der Waals surface area contributed by atoms with Gasteiger partial charge in [0, 0.05) is 51.6 Å². The van der Waals surface area contributed by atoms with Crippen LogP contribution in [-0.4, -0.2) is 56.9 Å². The molecule has 1 N–H and O–H groups in total. The minimum Gasteiger partial charge on any atom is -0.381 e. The number of carbonyl (C=O) groups excluding carboxylic acids is 1. The van der Waals surface area contributed by atoms with Gasteiger partial charge in [0.25, 0.3) is 0 Å². The van der Waals surface area contributed by atoms with Crippen LogP contribution >= 0.6 is 0 Å². The van der Waals surface area contributed by atoms with Crippen molar-refractivity contribution in [2.24, 2.45) is 0 Å². The molecule has 5 nitrogen and oxygen atoms in total. The molecule has 128 valence electrons. The predicted molar refractivity (Wildman–Crippen MR) is 94.1 cm³/mol. The number of ether oxygens (including phenoxy) is 1. The zero-order chi connectivity index (χ0) is 16.7. The van der Waals surface area contributed by atoms with E-state index >= 15 is 0 Å². The molecule has 0 aromatic heterocycles. The number of nitrogens with zero attached hydrogens (tertiary/aromatic N) is 2. The number of amides is 2. The molecule has 0 atom stereocenters. The van der Waals surface area contributed by atoms with Crippen molar-refractivity contribution < 1.29 is 9.53 Å². The molecule has 0 spiro atoms. The van der Waals surface area contributed by atoms with Gasteiger partial charge in [0.05, 0.1) is 0 Å². The van der Waals surface area contributed by atoms with Crippen LogP contribution in [0, 0.1) is 6.92 Å². The third kappa shape index (κ3) is 5.13. The Labute approximate surface area is 139 Å². The quantitative estimate of drug-likeness (QED) is 0.877. The second-order valence-electron chi connectivity index (χ2n) is 6.11. The maximum atomic E-state index is 12.3. The van der Waals surface area contributed by atoms with E-state index < -0.39 is 0 Å². The van der Waals surface area contributed by atoms with Gasteiger partial charge in [0.15, 0.2) is 0 Å². The van der Waals surface area contributed by atoms with Gasteiger partial charge in [-0.2, -0.15) is 0 Å². The number of anilines is 1. The molecule has 2 rings (SSSR count). The maximum absolute atomic E-state index is 12.3. The van der Waals surface area contributed by atoms with Crippen molar-refractivity contribution in [1.29, 1.82) is 0 Å². The standard InChI is InChI=1S/C18H29N3O2/c1-4-21(17-7-5-6-15(2)14-17)11-10-19-18(22)20(3)16-8-12-23-13-9-16/h5-7,14,16H,4,8-13H2,1-3H3,(H,19,22). The summed E-state index contributed by atoms with van der Waals surface area (Å²) in [5.74, 6) is 0. The molecule has 1 aromatic rings. The lowest BCUT2D eigenvalue weighted by atomic mass is 10.1. The van der Waals surface area contributed by atoms with Crippen LogP contribution in [0.3, 0.4) is 0 Å². The van der Waals surface area contributed by atoms with Gasteiger partial charge in [-0.1, -0.05) is 12.1 Å². The van der Waals surface area contributed by atoms with Gasteiger partial charge in [-0.05, 0) is 44.4 Å². The van der Waals surface area contributed by atoms with Crippen LogP contribution in [0.25, 0.3) is 0 Å². The molecule has 1 fully saturated rings. The van der Waals surface area contributed by atoms with Crippen molar-refractivity contribution in [3.05, 3.63) is 29.8 Å². The molecular formula is C18H29N3O2. The van der Waals surface area contributed by atoms with E-state index in [1.54, 1.807) is 0 Å². The van der Waals surface area contributed by atoms with E-state index in [2.05, 4.69) is 48.3 Å². The summed E-state index contributed by atoms with van der Waals surface area (Å²) < 4.78 is 5.35. The molecule has 0 unspecified atom stereocenters. The first-order valence-electron chi connectivity index (χ1n) is 8.52. The summed E-state index contributed by atoms with van der Waals surface area (Å²) in [5, 5.41) is 3.03. The summed E-state index contributed by atoms with van der Waals surface area (Å²) in [6, 6.07) is 8.78. The van der Waals surface area contributed by atoms with Crippen LogP contribution in [0.1, 0.15) is 25.3 Å². The topological polar surface area (TPSA) is 44.8 Å². The van der Waals surface area contributed by atoms with Crippen molar-refractivity contribution in [2.75, 3.05) is 44.8 Å². The first-order chi connectivity index (χ1) is 11.1. The fraction of sp³-hybridized carbons (Fsp3) is 0.611. The zero-order valence-corrected chi connectivity index (χ0v) is 14.5. The van der Waals surface area contributed by atoms with E-state index in [9.17, 15) is 4.79 Å². The van der Waals surface area contributed by atoms with Crippen molar-refractivity contribution in [3.8, 4) is 0 Å². The van der Waals surface area contributed by atoms with E-state index in [1.807, 2.05) is 11.9 Å². The van der Waals surface area contributed by atoms with Crippen LogP contribution in [0.5, 0.6) is 0 Å². The van der Waals surface area contributed by atoms with E-state index in [4.69, 9.17) is 4.74 Å². The molecule has 1 aliphatic rings. The van der Waals surface area contributed by atoms with Gasteiger partial charge in [0.2, 0.25) is 0 Å². The second-order valence-corrected chi connectivity index (χ2v) is 6.11. The number of aryl methyl sites for hydroxylation is 1. The monoisotopic (exact) mass is 319 g/mol. The first kappa shape index (κ1) is 17.6. The van der Waals surface area contributed by atoms with Gasteiger partial charge in [-0.3, -0.25) is 0 Å². The van der Waals surface area contributed by atoms with Crippen molar-refractivity contribution >= 4 is 11.7 Å². The molecule has 0 saturated carbocycles. The van der Waals surface area contributed by atoms with E-state index in [-0.39, 0.29) is 6.03 Å². The van der Waals surface area contributed by atoms with Crippen LogP contribution in [0.4, 0.5) is 10.5 Å². The SMILES string of the molecule is CCN(CCNC(=O)N(C)C1CCOCC1)c1cccc(C)c1. The van der Waals surface area contributed by atoms with Crippen molar-refractivity contribution in [3.63, 3.8) is 0 Å². The molecule has 1 aliphatic heterocycles. The highest BCUT2D eigenvalue weighted by Crippen LogP contribution is 2.15. The smallest absolute Gasteiger partial charge is 0.317 e. The van der Waals surface area contributed by atoms with Crippen molar-refractivity contribution in [2.45, 2.75) is 32.7 Å². The highest BCUT2D eigenvalue weighted by molar-refractivity contribution is 5.74. The lowest BCUT2D eigenvalue weighted by molar-refractivity contribution is 0.0526. The Morgan fingerprint density at radius 3 is 2.74 bits per heavy atom. The minimum absolute atomic E-state index is 0.0113. The van der Waals surface area contributed by atoms with E-state index in [1.165, 1.54) is 11.3 Å². The summed E-state index contributed by atoms with van der Waals surface area (Å²) in [4.78, 5) is 16.4. The van der Waals surface area contributed by atoms with E-state index in [0.29, 0.717) is 12.6 Å². The molecular weight excluding hydrogens is 290 g/mol. The molecule has 1 saturated heterocycles. The summed E-state index contributed by atoms with van der Waals surface area (Å²) >= 11 is 0. The third-order valence-corrected chi connectivity index (χ3v) is 4.47. The number of rotatable bonds is 6. The molecule has 2 amide bonds. The van der Waals surface area contributed by atoms with Crippen molar-refractivity contribution in [1.82, 2.24) is 10.2 Å². The van der Waals surface area contributed by atoms with Crippen LogP contribution in [0.2, 0.25) is 0 Å². The summed E-state index contributed by atoms with van der Waals surface area (Å²) in [6.45, 7) is 8.12. The Kier molecular flexibility index (Phi) is 6.71. The van der Waals surface area contributed by atoms with Gasteiger partial charge >= 0.3 is 6.03 Å². The normalized spacial score (nSPS) is 15.3. The van der Waals surface area contributed by atoms with Crippen LogP contribution < -0.4 is 10.2 Å². The second kappa shape index (κ2) is 8.77. The van der Waals surface area contributed by atoms with E-state index in [0.717, 1.165) is 39.1 Å². The van der Waals surface area contributed by atoms with Gasteiger partial charge in [-0.15, -0.1) is 0 Å². The average molecular weight is 319 g/mol. The van der Waals surface area contributed by atoms with Crippen LogP contribution in [0.15, 0.2) is 24.3 Å². The summed E-state index contributed by atoms with van der Waals surface area (Å²) in [5.41, 5.74) is 2.46. The fourth-order valence-electron chi connectivity index (χ4n) is 2.96. The molecule has 1 heterocycles. The highest BCUT2D eigenvalue weighted by Gasteiger charge is 2.22. The Morgan fingerprint density at radius 2 is 2.09 bits per heavy atom. The number of urea groups is 1. The third-order valence-electron chi connectivity index (χ3n) is 4.47. The number of hydrogen-bond donors (Lipinski definition) is 1. The largest absolute Gasteiger partial charge is 0.381 e. The highest BCUT2D eigenvalue weighted by atomic mass is 16.5. The molecule has 23 heavy (non-hydrogen) atoms. The first-order valence-corrected chi connectivity index (χ1v) is 8.52. The summed E-state index contributed by atoms with van der Waals surface area (Å²) in [7, 11) is 1.88. The van der Waals surface area contributed by atoms with Gasteiger partial charge in [-0.25, -0.2) is 4.79 Å². The average Bonchev–Trinajstić information content (AvgIpc) is 2.58. The Hall–Kier alpha value is -1.75. The molecule has 0 bridgehead atoms. The number of carbonyl (C=O) groups is 1. The number of hydrogen-bond acceptors (Lipinski definition) is 3. The lowest BCUT2D eigenvalue weighted by Crippen LogP contribution is -2.47. The Bertz CT molecular complexity index is 501. The molecule has 0 aliphatic carbocycles. The fourth-order valence-corrected chi connectivity index (χ4v) is 2.96. The minimum atomic E-state index is 0.0113. The maximum Gasteiger partial charge on any atom is 0.317 e. The lowest BCUT2D eigenvalue weighted by Gasteiger charge is -2.31. The molecule has 5 heteroatoms. The van der Waals surface area contributed by atoms with Gasteiger partial charge < -0.3 is 19.9 Å². The predicted octanol–water partition coefficient (Wildman–Crippen LogP) is 2.64. The number of benzene rings is 1. The number of likely N-dealkylation sites (N-methyl/N-ethyl adjacent to an activating group) is 1. The zero-order valence-electron chi connectivity index (χ0n) is 14.5. The van der Waals surface area contributed by atoms with Gasteiger partial charge in [0.1, 0.15) is 0 Å². The molecule has 0 radical (unpaired) electrons. The molecule has 1 aromatic carbocycles. The van der Waals surface area contributed by atoms with Crippen LogP contribution in [-0.2, 0) is 4.74 Å². The summed E-state index contributed by atoms with van der Waals surface area (Å²) in [6.07, 6.45) is 1.85. The number of nitrogens with one attached hydrogen (secondary N) is 1.